The zero-order valence-electron chi connectivity index (χ0n) is 15.1. The Hall–Kier alpha value is -3.26. The van der Waals surface area contributed by atoms with E-state index in [2.05, 4.69) is 15.1 Å². The summed E-state index contributed by atoms with van der Waals surface area (Å²) in [6, 6.07) is 17.4. The van der Waals surface area contributed by atoms with Gasteiger partial charge in [0, 0.05) is 5.56 Å². The Morgan fingerprint density at radius 2 is 1.66 bits per heavy atom. The molecule has 0 spiro atoms. The van der Waals surface area contributed by atoms with Gasteiger partial charge in [-0.15, -0.1) is 0 Å². The molecule has 0 aliphatic rings. The van der Waals surface area contributed by atoms with Gasteiger partial charge in [0.05, 0.1) is 32.6 Å². The van der Waals surface area contributed by atoms with Crippen LogP contribution in [0.1, 0.15) is 11.3 Å². The largest absolute Gasteiger partial charge is 0.417 e. The molecule has 29 heavy (non-hydrogen) atoms. The molecular formula is C21H13F3N4S. The Kier molecular flexibility index (Phi) is 3.92. The van der Waals surface area contributed by atoms with Crippen LogP contribution in [0, 0.1) is 6.92 Å². The van der Waals surface area contributed by atoms with E-state index in [-0.39, 0.29) is 22.4 Å². The highest BCUT2D eigenvalue weighted by Gasteiger charge is 2.36. The molecule has 144 valence electrons. The van der Waals surface area contributed by atoms with Crippen molar-refractivity contribution >= 4 is 32.6 Å². The Bertz CT molecular complexity index is 1320. The molecule has 5 aromatic rings. The van der Waals surface area contributed by atoms with Crippen LogP contribution in [0.5, 0.6) is 0 Å². The lowest BCUT2D eigenvalue weighted by Gasteiger charge is -2.11. The first-order valence-corrected chi connectivity index (χ1v) is 9.62. The number of pyridine rings is 1. The summed E-state index contributed by atoms with van der Waals surface area (Å²) in [5, 5.41) is 4.84. The van der Waals surface area contributed by atoms with Crippen molar-refractivity contribution in [2.45, 2.75) is 13.1 Å². The van der Waals surface area contributed by atoms with E-state index >= 15 is 0 Å². The second-order valence-electron chi connectivity index (χ2n) is 6.58. The Balaban J connectivity index is 1.84. The van der Waals surface area contributed by atoms with E-state index in [1.807, 2.05) is 30.3 Å². The van der Waals surface area contributed by atoms with Crippen LogP contribution in [0.2, 0.25) is 0 Å². The molecule has 0 aliphatic heterocycles. The van der Waals surface area contributed by atoms with Crippen LogP contribution in [-0.2, 0) is 6.18 Å². The van der Waals surface area contributed by atoms with E-state index in [1.165, 1.54) is 16.0 Å². The molecule has 0 saturated heterocycles. The fourth-order valence-corrected chi connectivity index (χ4v) is 4.27. The fourth-order valence-electron chi connectivity index (χ4n) is 3.35. The van der Waals surface area contributed by atoms with E-state index < -0.39 is 11.7 Å². The molecule has 0 N–H and O–H groups in total. The molecule has 5 rings (SSSR count). The zero-order valence-corrected chi connectivity index (χ0v) is 15.9. The van der Waals surface area contributed by atoms with Crippen molar-refractivity contribution in [2.75, 3.05) is 0 Å². The van der Waals surface area contributed by atoms with Gasteiger partial charge in [0.15, 0.2) is 5.65 Å². The molecular weight excluding hydrogens is 397 g/mol. The lowest BCUT2D eigenvalue weighted by molar-refractivity contribution is -0.136. The van der Waals surface area contributed by atoms with Crippen LogP contribution in [0.25, 0.3) is 37.6 Å². The quantitative estimate of drug-likeness (QED) is 0.357. The predicted octanol–water partition coefficient (Wildman–Crippen LogP) is 6.02. The third-order valence-electron chi connectivity index (χ3n) is 4.65. The monoisotopic (exact) mass is 410 g/mol. The summed E-state index contributed by atoms with van der Waals surface area (Å²) in [6.07, 6.45) is -4.53. The van der Waals surface area contributed by atoms with Crippen LogP contribution >= 0.6 is 11.3 Å². The number of thiazole rings is 1. The number of aryl methyl sites for hydroxylation is 1. The van der Waals surface area contributed by atoms with Gasteiger partial charge in [-0.25, -0.2) is 9.97 Å². The summed E-state index contributed by atoms with van der Waals surface area (Å²) in [5.74, 6) is 0. The first-order chi connectivity index (χ1) is 13.9. The number of alkyl halides is 3. The van der Waals surface area contributed by atoms with E-state index in [1.54, 1.807) is 31.2 Å². The maximum Gasteiger partial charge on any atom is 0.417 e. The summed E-state index contributed by atoms with van der Waals surface area (Å²) in [6.45, 7) is 1.56. The standard InChI is InChI=1S/C21H13F3N4S/c1-12-18-14(21(22,23)24)11-16(13-7-3-2-4-8-13)25-19(18)28(27-12)20-26-15-9-5-6-10-17(15)29-20/h2-11H,1H3. The lowest BCUT2D eigenvalue weighted by Crippen LogP contribution is -2.08. The number of nitrogens with zero attached hydrogens (tertiary/aromatic N) is 4. The normalized spacial score (nSPS) is 12.1. The van der Waals surface area contributed by atoms with Gasteiger partial charge in [-0.1, -0.05) is 53.8 Å². The molecule has 0 aliphatic carbocycles. The first kappa shape index (κ1) is 17.8. The SMILES string of the molecule is Cc1nn(-c2nc3ccccc3s2)c2nc(-c3ccccc3)cc(C(F)(F)F)c12. The number of halogens is 3. The minimum absolute atomic E-state index is 0.00330. The topological polar surface area (TPSA) is 43.6 Å². The Morgan fingerprint density at radius 3 is 2.38 bits per heavy atom. The molecule has 0 fully saturated rings. The molecule has 0 radical (unpaired) electrons. The Morgan fingerprint density at radius 1 is 0.931 bits per heavy atom. The van der Waals surface area contributed by atoms with Crippen molar-refractivity contribution in [1.82, 2.24) is 19.7 Å². The second-order valence-corrected chi connectivity index (χ2v) is 7.59. The number of hydrogen-bond acceptors (Lipinski definition) is 4. The predicted molar refractivity (Wildman–Crippen MR) is 107 cm³/mol. The van der Waals surface area contributed by atoms with Gasteiger partial charge in [-0.3, -0.25) is 0 Å². The molecule has 3 aromatic heterocycles. The van der Waals surface area contributed by atoms with Crippen molar-refractivity contribution < 1.29 is 13.2 Å². The van der Waals surface area contributed by atoms with Crippen LogP contribution in [0.15, 0.2) is 60.7 Å². The highest BCUT2D eigenvalue weighted by Crippen LogP contribution is 2.39. The number of aromatic nitrogens is 4. The third-order valence-corrected chi connectivity index (χ3v) is 5.66. The summed E-state index contributed by atoms with van der Waals surface area (Å²) < 4.78 is 44.0. The summed E-state index contributed by atoms with van der Waals surface area (Å²) in [4.78, 5) is 9.09. The first-order valence-electron chi connectivity index (χ1n) is 8.81. The molecule has 0 amide bonds. The van der Waals surface area contributed by atoms with Crippen LogP contribution in [0.4, 0.5) is 13.2 Å². The zero-order chi connectivity index (χ0) is 20.2. The number of rotatable bonds is 2. The lowest BCUT2D eigenvalue weighted by atomic mass is 10.1. The smallest absolute Gasteiger partial charge is 0.228 e. The van der Waals surface area contributed by atoms with E-state index in [4.69, 9.17) is 0 Å². The van der Waals surface area contributed by atoms with Crippen molar-refractivity contribution in [3.8, 4) is 16.4 Å². The molecule has 0 saturated carbocycles. The fraction of sp³-hybridized carbons (Fsp3) is 0.0952. The Labute approximate surface area is 167 Å². The van der Waals surface area contributed by atoms with Gasteiger partial charge in [0.25, 0.3) is 0 Å². The van der Waals surface area contributed by atoms with E-state index in [9.17, 15) is 13.2 Å². The third kappa shape index (κ3) is 2.96. The van der Waals surface area contributed by atoms with Gasteiger partial charge < -0.3 is 0 Å². The van der Waals surface area contributed by atoms with Crippen molar-refractivity contribution in [3.63, 3.8) is 0 Å². The summed E-state index contributed by atoms with van der Waals surface area (Å²) in [7, 11) is 0. The molecule has 0 unspecified atom stereocenters. The van der Waals surface area contributed by atoms with Crippen molar-refractivity contribution in [2.24, 2.45) is 0 Å². The molecule has 0 atom stereocenters. The van der Waals surface area contributed by atoms with Crippen LogP contribution in [-0.4, -0.2) is 19.7 Å². The number of hydrogen-bond donors (Lipinski definition) is 0. The molecule has 2 aromatic carbocycles. The summed E-state index contributed by atoms with van der Waals surface area (Å²) in [5.41, 5.74) is 1.28. The highest BCUT2D eigenvalue weighted by atomic mass is 32.1. The van der Waals surface area contributed by atoms with Gasteiger partial charge in [-0.2, -0.15) is 23.0 Å². The van der Waals surface area contributed by atoms with Gasteiger partial charge in [-0.05, 0) is 25.1 Å². The maximum atomic E-state index is 13.9. The molecule has 3 heterocycles. The van der Waals surface area contributed by atoms with Gasteiger partial charge in [0.1, 0.15) is 0 Å². The molecule has 8 heteroatoms. The van der Waals surface area contributed by atoms with E-state index in [0.29, 0.717) is 10.7 Å². The summed E-state index contributed by atoms with van der Waals surface area (Å²) >= 11 is 1.36. The van der Waals surface area contributed by atoms with Crippen LogP contribution < -0.4 is 0 Å². The average molecular weight is 410 g/mol. The minimum Gasteiger partial charge on any atom is -0.228 e. The second kappa shape index (κ2) is 6.38. The molecule has 4 nitrogen and oxygen atoms in total. The van der Waals surface area contributed by atoms with Gasteiger partial charge in [0.2, 0.25) is 5.13 Å². The van der Waals surface area contributed by atoms with Crippen molar-refractivity contribution in [1.29, 1.82) is 0 Å². The van der Waals surface area contributed by atoms with Crippen LogP contribution in [0.3, 0.4) is 0 Å². The number of fused-ring (bicyclic) bond motifs is 2. The van der Waals surface area contributed by atoms with Gasteiger partial charge >= 0.3 is 6.18 Å². The highest BCUT2D eigenvalue weighted by molar-refractivity contribution is 7.20. The number of benzene rings is 2. The van der Waals surface area contributed by atoms with Crippen molar-refractivity contribution in [3.05, 3.63) is 71.9 Å². The van der Waals surface area contributed by atoms with E-state index in [0.717, 1.165) is 16.3 Å². The minimum atomic E-state index is -4.53. The number of para-hydroxylation sites is 1. The average Bonchev–Trinajstić information content (AvgIpc) is 3.28. The molecule has 0 bridgehead atoms. The maximum absolute atomic E-state index is 13.9.